The molecule has 1 fully saturated rings. The van der Waals surface area contributed by atoms with Crippen LogP contribution in [0.15, 0.2) is 16.4 Å². The molecule has 1 N–H and O–H groups in total. The van der Waals surface area contributed by atoms with Crippen molar-refractivity contribution in [3.63, 3.8) is 0 Å². The summed E-state index contributed by atoms with van der Waals surface area (Å²) in [5.74, 6) is -1.59. The van der Waals surface area contributed by atoms with Crippen molar-refractivity contribution in [3.8, 4) is 0 Å². The average molecular weight is 479 g/mol. The molecule has 1 aromatic rings. The highest BCUT2D eigenvalue weighted by Crippen LogP contribution is 2.50. The van der Waals surface area contributed by atoms with Gasteiger partial charge in [-0.15, -0.1) is 16.9 Å². The molecule has 2 aliphatic rings. The Bertz CT molecular complexity index is 847. The fourth-order valence-corrected chi connectivity index (χ4v) is 5.95. The van der Waals surface area contributed by atoms with Crippen molar-refractivity contribution in [2.45, 2.75) is 23.2 Å². The van der Waals surface area contributed by atoms with Crippen molar-refractivity contribution in [1.29, 1.82) is 0 Å². The Morgan fingerprint density at radius 2 is 2.26 bits per heavy atom. The average Bonchev–Trinajstić information content (AvgIpc) is 3.04. The van der Waals surface area contributed by atoms with Crippen LogP contribution in [0.3, 0.4) is 0 Å². The number of aromatic nitrogens is 4. The number of nitrogens with zero attached hydrogens (tertiary/aromatic N) is 6. The van der Waals surface area contributed by atoms with Gasteiger partial charge in [0, 0.05) is 32.6 Å². The van der Waals surface area contributed by atoms with Gasteiger partial charge in [-0.2, -0.15) is 0 Å². The van der Waals surface area contributed by atoms with E-state index >= 15 is 0 Å². The number of carbonyl (C=O) groups excluding carboxylic acids is 2. The summed E-state index contributed by atoms with van der Waals surface area (Å²) in [6.07, 6.45) is 0. The molecule has 2 atom stereocenters. The molecule has 0 radical (unpaired) electrons. The lowest BCUT2D eigenvalue weighted by Gasteiger charge is -2.57. The molecule has 0 aliphatic carbocycles. The van der Waals surface area contributed by atoms with Gasteiger partial charge in [-0.1, -0.05) is 11.8 Å². The molecule has 3 rings (SSSR count). The maximum atomic E-state index is 12.9. The number of thioether (sulfide) groups is 2. The van der Waals surface area contributed by atoms with Gasteiger partial charge < -0.3 is 9.84 Å². The Morgan fingerprint density at radius 1 is 1.56 bits per heavy atom. The molecule has 2 amide bonds. The standard InChI is InChI=1S/C13H15BrN6O5S2/c1-6(21)20(14)13(25-3)10(24)19-8(9(22)23)7(4-26-11(13)19)5-27-12-15-16-17-18(12)2/h11H,4-5H2,1-3H3,(H,22,23)/t11-,13+/m1/s1. The molecule has 1 aromatic heterocycles. The van der Waals surface area contributed by atoms with E-state index in [1.165, 1.54) is 47.1 Å². The van der Waals surface area contributed by atoms with Crippen molar-refractivity contribution in [1.82, 2.24) is 29.0 Å². The zero-order valence-corrected chi connectivity index (χ0v) is 17.7. The minimum absolute atomic E-state index is 0.0940. The predicted octanol–water partition coefficient (Wildman–Crippen LogP) is 0.0571. The fraction of sp³-hybridized carbons (Fsp3) is 0.538. The number of β-lactam (4-membered cyclic amide) rings is 1. The van der Waals surface area contributed by atoms with E-state index in [-0.39, 0.29) is 5.70 Å². The van der Waals surface area contributed by atoms with E-state index in [0.29, 0.717) is 22.2 Å². The summed E-state index contributed by atoms with van der Waals surface area (Å²) in [6.45, 7) is 1.28. The molecule has 0 unspecified atom stereocenters. The number of halogens is 1. The highest BCUT2D eigenvalue weighted by molar-refractivity contribution is 9.07. The van der Waals surface area contributed by atoms with Gasteiger partial charge in [-0.25, -0.2) is 13.4 Å². The SMILES string of the molecule is CO[C@@]1(N(Br)C(C)=O)C(=O)N2C(C(=O)O)=C(CSc3nnnn3C)CS[C@@H]21. The van der Waals surface area contributed by atoms with Gasteiger partial charge in [-0.05, 0) is 16.0 Å². The van der Waals surface area contributed by atoms with Gasteiger partial charge in [0.25, 0.3) is 11.6 Å². The van der Waals surface area contributed by atoms with E-state index in [1.54, 1.807) is 7.05 Å². The number of rotatable bonds is 6. The predicted molar refractivity (Wildman–Crippen MR) is 98.5 cm³/mol. The molecule has 146 valence electrons. The highest BCUT2D eigenvalue weighted by Gasteiger charge is 2.69. The lowest BCUT2D eigenvalue weighted by atomic mass is 9.98. The molecule has 27 heavy (non-hydrogen) atoms. The van der Waals surface area contributed by atoms with Crippen LogP contribution in [0, 0.1) is 0 Å². The second kappa shape index (κ2) is 7.41. The van der Waals surface area contributed by atoms with Crippen LogP contribution >= 0.6 is 39.7 Å². The van der Waals surface area contributed by atoms with Gasteiger partial charge in [0.1, 0.15) is 11.1 Å². The third kappa shape index (κ3) is 3.03. The van der Waals surface area contributed by atoms with E-state index in [1.807, 2.05) is 0 Å². The molecular formula is C13H15BrN6O5S2. The Kier molecular flexibility index (Phi) is 5.52. The van der Waals surface area contributed by atoms with E-state index in [4.69, 9.17) is 4.74 Å². The largest absolute Gasteiger partial charge is 0.477 e. The Hall–Kier alpha value is -1.64. The van der Waals surface area contributed by atoms with Crippen LogP contribution in [0.25, 0.3) is 0 Å². The normalized spacial score (nSPS) is 24.5. The molecular weight excluding hydrogens is 464 g/mol. The Morgan fingerprint density at radius 3 is 2.78 bits per heavy atom. The van der Waals surface area contributed by atoms with Gasteiger partial charge >= 0.3 is 5.97 Å². The summed E-state index contributed by atoms with van der Waals surface area (Å²) in [6, 6.07) is 0. The fourth-order valence-electron chi connectivity index (χ4n) is 2.86. The summed E-state index contributed by atoms with van der Waals surface area (Å²) >= 11 is 5.69. The summed E-state index contributed by atoms with van der Waals surface area (Å²) < 4.78 is 7.88. The smallest absolute Gasteiger partial charge is 0.352 e. The molecule has 11 nitrogen and oxygen atoms in total. The monoisotopic (exact) mass is 478 g/mol. The van der Waals surface area contributed by atoms with E-state index in [2.05, 4.69) is 31.7 Å². The van der Waals surface area contributed by atoms with E-state index in [0.717, 1.165) is 3.93 Å². The topological polar surface area (TPSA) is 131 Å². The van der Waals surface area contributed by atoms with Crippen LogP contribution in [-0.2, 0) is 26.2 Å². The molecule has 0 spiro atoms. The first-order valence-electron chi connectivity index (χ1n) is 7.53. The number of ether oxygens (including phenoxy) is 1. The number of aryl methyl sites for hydroxylation is 1. The highest BCUT2D eigenvalue weighted by atomic mass is 79.9. The molecule has 1 saturated heterocycles. The Balaban J connectivity index is 1.90. The summed E-state index contributed by atoms with van der Waals surface area (Å²) in [7, 11) is 2.99. The van der Waals surface area contributed by atoms with Crippen molar-refractivity contribution >= 4 is 57.5 Å². The van der Waals surface area contributed by atoms with Gasteiger partial charge in [-0.3, -0.25) is 14.5 Å². The minimum atomic E-state index is -1.58. The van der Waals surface area contributed by atoms with Crippen molar-refractivity contribution in [2.24, 2.45) is 7.05 Å². The first-order valence-corrected chi connectivity index (χ1v) is 10.3. The van der Waals surface area contributed by atoms with Gasteiger partial charge in [0.2, 0.25) is 11.1 Å². The number of tetrazole rings is 1. The van der Waals surface area contributed by atoms with Crippen LogP contribution in [0.1, 0.15) is 6.92 Å². The van der Waals surface area contributed by atoms with Crippen LogP contribution in [0.5, 0.6) is 0 Å². The number of hydrogen-bond donors (Lipinski definition) is 1. The lowest BCUT2D eigenvalue weighted by molar-refractivity contribution is -0.206. The lowest BCUT2D eigenvalue weighted by Crippen LogP contribution is -2.79. The number of fused-ring (bicyclic) bond motifs is 1. The first-order chi connectivity index (χ1) is 12.8. The number of aliphatic carboxylic acids is 1. The van der Waals surface area contributed by atoms with Crippen LogP contribution in [0.4, 0.5) is 0 Å². The van der Waals surface area contributed by atoms with Gasteiger partial charge in [0.05, 0.1) is 16.1 Å². The quantitative estimate of drug-likeness (QED) is 0.259. The molecule has 14 heteroatoms. The second-order valence-electron chi connectivity index (χ2n) is 5.67. The molecule has 3 heterocycles. The zero-order chi connectivity index (χ0) is 19.9. The maximum absolute atomic E-state index is 12.9. The van der Waals surface area contributed by atoms with E-state index in [9.17, 15) is 19.5 Å². The molecule has 0 aromatic carbocycles. The first kappa shape index (κ1) is 20.1. The van der Waals surface area contributed by atoms with Crippen molar-refractivity contribution in [3.05, 3.63) is 11.3 Å². The number of hydrogen-bond acceptors (Lipinski definition) is 9. The minimum Gasteiger partial charge on any atom is -0.477 e. The number of carboxylic acid groups (broad SMARTS) is 1. The number of carboxylic acids is 1. The molecule has 0 bridgehead atoms. The number of amides is 2. The van der Waals surface area contributed by atoms with Crippen molar-refractivity contribution in [2.75, 3.05) is 18.6 Å². The summed E-state index contributed by atoms with van der Waals surface area (Å²) in [5.41, 5.74) is -1.11. The number of carbonyl (C=O) groups is 3. The van der Waals surface area contributed by atoms with Crippen LogP contribution in [0.2, 0.25) is 0 Å². The van der Waals surface area contributed by atoms with Crippen LogP contribution in [-0.4, -0.2) is 81.6 Å². The number of methoxy groups -OCH3 is 1. The Labute approximate surface area is 170 Å². The molecule has 0 saturated carbocycles. The summed E-state index contributed by atoms with van der Waals surface area (Å²) in [4.78, 5) is 37.7. The zero-order valence-electron chi connectivity index (χ0n) is 14.4. The van der Waals surface area contributed by atoms with Crippen LogP contribution < -0.4 is 0 Å². The molecule has 2 aliphatic heterocycles. The second-order valence-corrected chi connectivity index (χ2v) is 8.39. The summed E-state index contributed by atoms with van der Waals surface area (Å²) in [5, 5.41) is 20.7. The third-order valence-corrected chi connectivity index (χ3v) is 7.61. The maximum Gasteiger partial charge on any atom is 0.352 e. The van der Waals surface area contributed by atoms with Gasteiger partial charge in [0.15, 0.2) is 0 Å². The van der Waals surface area contributed by atoms with Crippen molar-refractivity contribution < 1.29 is 24.2 Å². The van der Waals surface area contributed by atoms with E-state index < -0.39 is 28.9 Å². The third-order valence-electron chi connectivity index (χ3n) is 4.12.